The molecule has 4 aliphatic rings. The Bertz CT molecular complexity index is 4880. The van der Waals surface area contributed by atoms with Gasteiger partial charge in [-0.15, -0.1) is 0 Å². The molecule has 3 aromatic heterocycles. The summed E-state index contributed by atoms with van der Waals surface area (Å²) in [6, 6.07) is 59.2. The number of rotatable bonds is 13. The van der Waals surface area contributed by atoms with Gasteiger partial charge in [0.15, 0.2) is 0 Å². The van der Waals surface area contributed by atoms with Crippen LogP contribution in [0.15, 0.2) is 231 Å². The van der Waals surface area contributed by atoms with E-state index < -0.39 is 11.7 Å². The summed E-state index contributed by atoms with van der Waals surface area (Å²) >= 11 is 0. The first-order valence-electron chi connectivity index (χ1n) is 35.3. The van der Waals surface area contributed by atoms with Crippen LogP contribution in [0, 0.1) is 94.7 Å². The predicted molar refractivity (Wildman–Crippen MR) is 417 cm³/mol. The number of anilines is 4. The maximum Gasteiger partial charge on any atom is 0.416 e. The molecule has 7 heterocycles. The number of pyridine rings is 3. The van der Waals surface area contributed by atoms with E-state index in [2.05, 4.69) is 108 Å². The molecule has 0 radical (unpaired) electrons. The minimum atomic E-state index is -4.38. The lowest BCUT2D eigenvalue weighted by Gasteiger charge is -2.39. The molecule has 0 saturated carbocycles. The minimum absolute atomic E-state index is 0.0349. The standard InChI is InChI=1S/C24H22N4O2.C20H18F3N3O2.C20H20N4O2.C19H20N4O2/c29-28(30)23-12-7-15-25-24(23)27-18-16-26(17-19-27)22(21-10-5-2-6-11-21)14-13-20-8-3-1-4-9-20;21-20(22,23)17-7-3-5-16(15-17)6-4-10-24-11-13-25(14-12-24)18-8-1-2-9-19(18)26(27)28;1-16-5-3-6-18(15-16)9-8-17(2)22-11-13-23(14-12-22)20-19(24(25)26)7-4-10-21-20;1-16-15-21(12-6-9-17-7-3-2-4-8-17)13-14-22(16)19-18(23(24)25)10-5-11-20-19/h1-12,15,22H,16-19H2;1-3,5,7-9,15H,10-14H2;3-7,10,15H,2,11-14H2,1H3;2-5,7-8,10-11,16H,12-15H2,1H3. The molecule has 0 amide bonds. The van der Waals surface area contributed by atoms with Gasteiger partial charge >= 0.3 is 23.2 Å². The molecule has 0 bridgehead atoms. The van der Waals surface area contributed by atoms with Crippen molar-refractivity contribution in [3.05, 3.63) is 310 Å². The summed E-state index contributed by atoms with van der Waals surface area (Å²) in [6.07, 6.45) is 0.411. The zero-order chi connectivity index (χ0) is 77.1. The van der Waals surface area contributed by atoms with Gasteiger partial charge in [0.1, 0.15) is 5.69 Å². The molecule has 2 unspecified atom stereocenters. The number of para-hydroxylation sites is 2. The van der Waals surface area contributed by atoms with Crippen LogP contribution >= 0.6 is 0 Å². The van der Waals surface area contributed by atoms with Crippen LogP contribution in [0.2, 0.25) is 0 Å². The summed E-state index contributed by atoms with van der Waals surface area (Å²) in [7, 11) is 0. The Morgan fingerprint density at radius 3 is 1.48 bits per heavy atom. The average Bonchev–Trinajstić information content (AvgIpc) is 0.834. The summed E-state index contributed by atoms with van der Waals surface area (Å²) < 4.78 is 38.2. The van der Waals surface area contributed by atoms with Crippen molar-refractivity contribution in [3.8, 4) is 47.4 Å². The maximum absolute atomic E-state index is 12.7. The van der Waals surface area contributed by atoms with Gasteiger partial charge in [-0.05, 0) is 110 Å². The molecule has 0 aliphatic carbocycles. The zero-order valence-corrected chi connectivity index (χ0v) is 60.3. The van der Waals surface area contributed by atoms with Crippen molar-refractivity contribution in [2.75, 3.05) is 131 Å². The minimum Gasteiger partial charge on any atom is -0.363 e. The Morgan fingerprint density at radius 1 is 0.477 bits per heavy atom. The third-order valence-corrected chi connectivity index (χ3v) is 18.2. The molecule has 0 N–H and O–H groups in total. The highest BCUT2D eigenvalue weighted by atomic mass is 19.4. The van der Waals surface area contributed by atoms with Gasteiger partial charge in [-0.1, -0.05) is 145 Å². The predicted octanol–water partition coefficient (Wildman–Crippen LogP) is 13.2. The maximum atomic E-state index is 12.7. The first-order chi connectivity index (χ1) is 52.8. The number of allylic oxidation sites excluding steroid dienone is 1. The summed E-state index contributed by atoms with van der Waals surface area (Å²) in [6.45, 7) is 19.7. The van der Waals surface area contributed by atoms with Crippen LogP contribution in [-0.2, 0) is 6.18 Å². The van der Waals surface area contributed by atoms with Gasteiger partial charge in [-0.25, -0.2) is 15.0 Å². The van der Waals surface area contributed by atoms with E-state index in [-0.39, 0.29) is 54.5 Å². The molecule has 4 saturated heterocycles. The molecule has 2 atom stereocenters. The summed E-state index contributed by atoms with van der Waals surface area (Å²) in [5.74, 6) is 26.4. The first-order valence-corrected chi connectivity index (χ1v) is 35.3. The zero-order valence-electron chi connectivity index (χ0n) is 60.3. The van der Waals surface area contributed by atoms with Gasteiger partial charge in [0.05, 0.1) is 50.1 Å². The summed E-state index contributed by atoms with van der Waals surface area (Å²) in [4.78, 5) is 72.8. The van der Waals surface area contributed by atoms with Crippen LogP contribution in [0.25, 0.3) is 0 Å². The molecular formula is C83H80F3N15O8. The van der Waals surface area contributed by atoms with E-state index in [1.807, 2.05) is 130 Å². The second-order valence-corrected chi connectivity index (χ2v) is 25.7. The van der Waals surface area contributed by atoms with Crippen molar-refractivity contribution in [1.29, 1.82) is 0 Å². The van der Waals surface area contributed by atoms with Crippen molar-refractivity contribution in [2.24, 2.45) is 0 Å². The fourth-order valence-electron chi connectivity index (χ4n) is 12.6. The van der Waals surface area contributed by atoms with Gasteiger partial charge in [-0.3, -0.25) is 55.2 Å². The number of aromatic nitrogens is 3. The van der Waals surface area contributed by atoms with Crippen molar-refractivity contribution in [2.45, 2.75) is 32.1 Å². The SMILES string of the molecule is C=C(C#Cc1cccc(C)c1)N1CCN(c2ncccc2[N+](=O)[O-])CC1.CC1CN(CC#Cc2ccccc2)CCN1c1ncccc1[N+](=O)[O-].O=[N+]([O-])c1ccccc1N1CCN(CC#Cc2cccc(C(F)(F)F)c2)CC1.O=[N+]([O-])c1cccnc1N1CCN(C(C#Cc2ccccc2)c2ccccc2)CC1. The lowest BCUT2D eigenvalue weighted by molar-refractivity contribution is -0.384. The third-order valence-electron chi connectivity index (χ3n) is 18.2. The van der Waals surface area contributed by atoms with Crippen LogP contribution in [0.1, 0.15) is 51.9 Å². The number of halogens is 3. The van der Waals surface area contributed by atoms with Gasteiger partial charge in [0.25, 0.3) is 5.69 Å². The number of hydrogen-bond donors (Lipinski definition) is 0. The van der Waals surface area contributed by atoms with Crippen LogP contribution in [0.5, 0.6) is 0 Å². The molecule has 23 nitrogen and oxygen atoms in total. The Balaban J connectivity index is 0.000000155. The number of alkyl halides is 3. The van der Waals surface area contributed by atoms with E-state index in [9.17, 15) is 53.6 Å². The molecule has 4 fully saturated rings. The van der Waals surface area contributed by atoms with Crippen molar-refractivity contribution < 1.29 is 32.9 Å². The highest BCUT2D eigenvalue weighted by Crippen LogP contribution is 2.33. The van der Waals surface area contributed by atoms with E-state index >= 15 is 0 Å². The van der Waals surface area contributed by atoms with Crippen molar-refractivity contribution >= 4 is 45.9 Å². The number of aryl methyl sites for hydroxylation is 1. The Kier molecular flexibility index (Phi) is 28.0. The Hall–Kier alpha value is -13.0. The lowest BCUT2D eigenvalue weighted by atomic mass is 10.0. The number of nitro groups is 4. The molecule has 6 aromatic carbocycles. The summed E-state index contributed by atoms with van der Waals surface area (Å²) in [5.41, 5.74) is 6.51. The quantitative estimate of drug-likeness (QED) is 0.0592. The fourth-order valence-corrected chi connectivity index (χ4v) is 12.6. The third kappa shape index (κ3) is 22.8. The van der Waals surface area contributed by atoms with Gasteiger partial charge < -0.3 is 24.5 Å². The normalized spacial score (nSPS) is 15.3. The first kappa shape index (κ1) is 78.6. The van der Waals surface area contributed by atoms with E-state index in [0.717, 1.165) is 66.3 Å². The highest BCUT2D eigenvalue weighted by molar-refractivity contribution is 5.64. The Labute approximate surface area is 631 Å². The largest absolute Gasteiger partial charge is 0.416 e. The number of piperazine rings is 4. The molecule has 0 spiro atoms. The summed E-state index contributed by atoms with van der Waals surface area (Å²) in [5, 5.41) is 44.9. The monoisotopic (exact) mass is 1470 g/mol. The fraction of sp³-hybridized carbons (Fsp3) is 0.265. The average molecular weight is 1470 g/mol. The molecule has 26 heteroatoms. The Morgan fingerprint density at radius 2 is 0.927 bits per heavy atom. The van der Waals surface area contributed by atoms with Crippen LogP contribution in [-0.4, -0.2) is 172 Å². The number of nitro benzene ring substituents is 1. The number of hydrogen-bond acceptors (Lipinski definition) is 19. The number of benzene rings is 6. The second kappa shape index (κ2) is 38.9. The van der Waals surface area contributed by atoms with Crippen molar-refractivity contribution in [3.63, 3.8) is 0 Å². The molecule has 556 valence electrons. The smallest absolute Gasteiger partial charge is 0.363 e. The molecule has 9 aromatic rings. The van der Waals surface area contributed by atoms with Crippen LogP contribution in [0.3, 0.4) is 0 Å². The number of nitrogens with zero attached hydrogens (tertiary/aromatic N) is 15. The molecular weight excluding hydrogens is 1390 g/mol. The second-order valence-electron chi connectivity index (χ2n) is 25.7. The van der Waals surface area contributed by atoms with Crippen LogP contribution < -0.4 is 19.6 Å². The lowest BCUT2D eigenvalue weighted by Crippen LogP contribution is -2.52. The van der Waals surface area contributed by atoms with Gasteiger partial charge in [-0.2, -0.15) is 13.2 Å². The van der Waals surface area contributed by atoms with E-state index in [1.165, 1.54) is 35.9 Å². The van der Waals surface area contributed by atoms with Gasteiger partial charge in [0, 0.05) is 169 Å². The van der Waals surface area contributed by atoms with E-state index in [1.54, 1.807) is 61.1 Å². The van der Waals surface area contributed by atoms with Crippen LogP contribution in [0.4, 0.5) is 59.1 Å². The van der Waals surface area contributed by atoms with E-state index in [4.69, 9.17) is 0 Å². The van der Waals surface area contributed by atoms with Crippen molar-refractivity contribution in [1.82, 2.24) is 34.6 Å². The van der Waals surface area contributed by atoms with Gasteiger partial charge in [0.2, 0.25) is 17.5 Å². The molecule has 4 aliphatic heterocycles. The molecule has 109 heavy (non-hydrogen) atoms. The topological polar surface area (TPSA) is 237 Å². The molecule has 13 rings (SSSR count). The highest BCUT2D eigenvalue weighted by Gasteiger charge is 2.33. The van der Waals surface area contributed by atoms with E-state index in [0.29, 0.717) is 114 Å².